The highest BCUT2D eigenvalue weighted by Crippen LogP contribution is 2.18. The number of phenolic OH excluding ortho intramolecular Hbond substituents is 1. The zero-order valence-electron chi connectivity index (χ0n) is 11.3. The molecule has 1 aromatic heterocycles. The largest absolute Gasteiger partial charge is 0.507 e. The molecule has 0 aliphatic carbocycles. The monoisotopic (exact) mass is 269 g/mol. The van der Waals surface area contributed by atoms with Gasteiger partial charge in [0.15, 0.2) is 0 Å². The van der Waals surface area contributed by atoms with Crippen LogP contribution in [-0.2, 0) is 0 Å². The smallest absolute Gasteiger partial charge is 0.289 e. The van der Waals surface area contributed by atoms with E-state index < -0.39 is 5.91 Å². The number of rotatable bonds is 3. The highest BCUT2D eigenvalue weighted by atomic mass is 16.3. The van der Waals surface area contributed by atoms with Crippen molar-refractivity contribution in [2.45, 2.75) is 13.8 Å². The summed E-state index contributed by atoms with van der Waals surface area (Å²) >= 11 is 0. The first-order valence-electron chi connectivity index (χ1n) is 6.13. The summed E-state index contributed by atoms with van der Waals surface area (Å²) in [6.45, 7) is 3.63. The Labute approximate surface area is 117 Å². The number of amides is 1. The molecule has 5 heteroatoms. The molecule has 0 radical (unpaired) electrons. The number of aromatic hydroxyl groups is 1. The summed E-state index contributed by atoms with van der Waals surface area (Å²) < 4.78 is 0. The van der Waals surface area contributed by atoms with Crippen molar-refractivity contribution in [2.75, 3.05) is 0 Å². The molecule has 0 atom stereocenters. The van der Waals surface area contributed by atoms with E-state index in [2.05, 4.69) is 15.5 Å². The lowest BCUT2D eigenvalue weighted by molar-refractivity contribution is 0.0950. The van der Waals surface area contributed by atoms with Gasteiger partial charge in [-0.2, -0.15) is 5.10 Å². The maximum absolute atomic E-state index is 11.8. The second-order valence-corrected chi connectivity index (χ2v) is 4.37. The number of hydrogen-bond acceptors (Lipinski definition) is 4. The van der Waals surface area contributed by atoms with E-state index in [1.54, 1.807) is 43.3 Å². The van der Waals surface area contributed by atoms with E-state index in [9.17, 15) is 9.90 Å². The SMILES string of the molecule is C/C(=N\NC(=O)c1ccccn1)c1cc(C)ccc1O. The Morgan fingerprint density at radius 1 is 1.30 bits per heavy atom. The number of nitrogens with one attached hydrogen (secondary N) is 1. The second-order valence-electron chi connectivity index (χ2n) is 4.37. The van der Waals surface area contributed by atoms with E-state index in [-0.39, 0.29) is 11.4 Å². The van der Waals surface area contributed by atoms with Crippen LogP contribution in [0.4, 0.5) is 0 Å². The Morgan fingerprint density at radius 2 is 2.10 bits per heavy atom. The van der Waals surface area contributed by atoms with Gasteiger partial charge < -0.3 is 5.11 Å². The van der Waals surface area contributed by atoms with Gasteiger partial charge in [0.25, 0.3) is 5.91 Å². The summed E-state index contributed by atoms with van der Waals surface area (Å²) in [6.07, 6.45) is 1.54. The van der Waals surface area contributed by atoms with E-state index in [0.29, 0.717) is 11.3 Å². The average Bonchev–Trinajstić information content (AvgIpc) is 2.47. The molecule has 0 saturated carbocycles. The van der Waals surface area contributed by atoms with Gasteiger partial charge in [-0.05, 0) is 38.1 Å². The molecular weight excluding hydrogens is 254 g/mol. The van der Waals surface area contributed by atoms with E-state index in [1.807, 2.05) is 6.92 Å². The van der Waals surface area contributed by atoms with Crippen molar-refractivity contribution in [3.05, 3.63) is 59.4 Å². The summed E-state index contributed by atoms with van der Waals surface area (Å²) in [5, 5.41) is 13.8. The molecule has 1 aromatic carbocycles. The summed E-state index contributed by atoms with van der Waals surface area (Å²) in [6, 6.07) is 10.3. The topological polar surface area (TPSA) is 74.6 Å². The van der Waals surface area contributed by atoms with Crippen LogP contribution in [0.2, 0.25) is 0 Å². The number of hydrogen-bond donors (Lipinski definition) is 2. The zero-order chi connectivity index (χ0) is 14.5. The normalized spacial score (nSPS) is 11.2. The van der Waals surface area contributed by atoms with Crippen molar-refractivity contribution in [2.24, 2.45) is 5.10 Å². The van der Waals surface area contributed by atoms with Gasteiger partial charge in [-0.3, -0.25) is 9.78 Å². The zero-order valence-corrected chi connectivity index (χ0v) is 11.3. The van der Waals surface area contributed by atoms with Gasteiger partial charge in [0.1, 0.15) is 11.4 Å². The number of aromatic nitrogens is 1. The van der Waals surface area contributed by atoms with Gasteiger partial charge in [-0.1, -0.05) is 17.7 Å². The molecule has 0 fully saturated rings. The lowest BCUT2D eigenvalue weighted by Gasteiger charge is -2.06. The minimum atomic E-state index is -0.392. The predicted molar refractivity (Wildman–Crippen MR) is 76.8 cm³/mol. The van der Waals surface area contributed by atoms with Crippen LogP contribution in [0.3, 0.4) is 0 Å². The van der Waals surface area contributed by atoms with Crippen LogP contribution in [-0.4, -0.2) is 21.7 Å². The number of aryl methyl sites for hydroxylation is 1. The molecule has 0 bridgehead atoms. The van der Waals surface area contributed by atoms with Gasteiger partial charge in [0.2, 0.25) is 0 Å². The third kappa shape index (κ3) is 3.20. The van der Waals surface area contributed by atoms with Crippen LogP contribution in [0.5, 0.6) is 5.75 Å². The molecule has 2 rings (SSSR count). The lowest BCUT2D eigenvalue weighted by Crippen LogP contribution is -2.20. The minimum Gasteiger partial charge on any atom is -0.507 e. The molecule has 1 amide bonds. The third-order valence-electron chi connectivity index (χ3n) is 2.76. The molecule has 0 unspecified atom stereocenters. The lowest BCUT2D eigenvalue weighted by atomic mass is 10.1. The fourth-order valence-corrected chi connectivity index (χ4v) is 1.69. The molecule has 2 aromatic rings. The molecule has 0 aliphatic rings. The summed E-state index contributed by atoms with van der Waals surface area (Å²) in [7, 11) is 0. The van der Waals surface area contributed by atoms with Gasteiger partial charge in [0.05, 0.1) is 5.71 Å². The summed E-state index contributed by atoms with van der Waals surface area (Å²) in [4.78, 5) is 15.7. The summed E-state index contributed by atoms with van der Waals surface area (Å²) in [5.74, 6) is -0.263. The fourth-order valence-electron chi connectivity index (χ4n) is 1.69. The summed E-state index contributed by atoms with van der Waals surface area (Å²) in [5.41, 5.74) is 4.82. The number of benzene rings is 1. The quantitative estimate of drug-likeness (QED) is 0.663. The van der Waals surface area contributed by atoms with Gasteiger partial charge in [-0.15, -0.1) is 0 Å². The van der Waals surface area contributed by atoms with Crippen LogP contribution >= 0.6 is 0 Å². The molecule has 1 heterocycles. The Balaban J connectivity index is 2.15. The molecule has 0 spiro atoms. The van der Waals surface area contributed by atoms with E-state index in [0.717, 1.165) is 5.56 Å². The van der Waals surface area contributed by atoms with Crippen molar-refractivity contribution in [3.63, 3.8) is 0 Å². The first-order valence-corrected chi connectivity index (χ1v) is 6.13. The van der Waals surface area contributed by atoms with Crippen LogP contribution in [0, 0.1) is 6.92 Å². The van der Waals surface area contributed by atoms with E-state index in [1.165, 1.54) is 6.20 Å². The Kier molecular flexibility index (Phi) is 4.10. The average molecular weight is 269 g/mol. The number of nitrogens with zero attached hydrogens (tertiary/aromatic N) is 2. The van der Waals surface area contributed by atoms with E-state index in [4.69, 9.17) is 0 Å². The molecule has 0 saturated heterocycles. The first kappa shape index (κ1) is 13.7. The number of phenols is 1. The Bertz CT molecular complexity index is 651. The van der Waals surface area contributed by atoms with Crippen molar-refractivity contribution in [1.29, 1.82) is 0 Å². The molecule has 2 N–H and O–H groups in total. The molecule has 102 valence electrons. The van der Waals surface area contributed by atoms with Crippen LogP contribution in [0.25, 0.3) is 0 Å². The third-order valence-corrected chi connectivity index (χ3v) is 2.76. The van der Waals surface area contributed by atoms with E-state index >= 15 is 0 Å². The van der Waals surface area contributed by atoms with Crippen LogP contribution in [0.1, 0.15) is 28.5 Å². The molecule has 20 heavy (non-hydrogen) atoms. The standard InChI is InChI=1S/C15H15N3O2/c1-10-6-7-14(19)12(9-10)11(2)17-18-15(20)13-5-3-4-8-16-13/h3-9,19H,1-2H3,(H,18,20)/b17-11+. The van der Waals surface area contributed by atoms with Crippen LogP contribution in [0.15, 0.2) is 47.7 Å². The highest BCUT2D eigenvalue weighted by Gasteiger charge is 2.07. The van der Waals surface area contributed by atoms with Gasteiger partial charge in [0, 0.05) is 11.8 Å². The maximum Gasteiger partial charge on any atom is 0.289 e. The number of pyridine rings is 1. The first-order chi connectivity index (χ1) is 9.58. The predicted octanol–water partition coefficient (Wildman–Crippen LogP) is 2.25. The number of carbonyl (C=O) groups is 1. The fraction of sp³-hybridized carbons (Fsp3) is 0.133. The van der Waals surface area contributed by atoms with Crippen molar-refractivity contribution in [1.82, 2.24) is 10.4 Å². The van der Waals surface area contributed by atoms with Gasteiger partial charge in [-0.25, -0.2) is 5.43 Å². The van der Waals surface area contributed by atoms with Crippen molar-refractivity contribution in [3.8, 4) is 5.75 Å². The maximum atomic E-state index is 11.8. The van der Waals surface area contributed by atoms with Crippen molar-refractivity contribution < 1.29 is 9.90 Å². The van der Waals surface area contributed by atoms with Gasteiger partial charge >= 0.3 is 0 Å². The molecule has 5 nitrogen and oxygen atoms in total. The number of hydrazone groups is 1. The highest BCUT2D eigenvalue weighted by molar-refractivity contribution is 6.02. The number of carbonyl (C=O) groups excluding carboxylic acids is 1. The van der Waals surface area contributed by atoms with Crippen LogP contribution < -0.4 is 5.43 Å². The molecular formula is C15H15N3O2. The minimum absolute atomic E-state index is 0.129. The second kappa shape index (κ2) is 5.97. The molecule has 0 aliphatic heterocycles. The Hall–Kier alpha value is -2.69. The van der Waals surface area contributed by atoms with Crippen molar-refractivity contribution >= 4 is 11.6 Å². The Morgan fingerprint density at radius 3 is 2.80 bits per heavy atom.